The van der Waals surface area contributed by atoms with Gasteiger partial charge in [-0.15, -0.1) is 0 Å². The molecule has 4 rings (SSSR count). The number of para-hydroxylation sites is 2. The van der Waals surface area contributed by atoms with Gasteiger partial charge in [0, 0.05) is 10.8 Å². The van der Waals surface area contributed by atoms with Gasteiger partial charge in [0.05, 0.1) is 17.6 Å². The number of nitrogens with zero attached hydrogens (tertiary/aromatic N) is 2. The Labute approximate surface area is 132 Å². The molecule has 0 saturated carbocycles. The quantitative estimate of drug-likeness (QED) is 0.807. The van der Waals surface area contributed by atoms with Crippen LogP contribution in [0.1, 0.15) is 0 Å². The van der Waals surface area contributed by atoms with Crippen LogP contribution < -0.4 is 5.43 Å². The van der Waals surface area contributed by atoms with Gasteiger partial charge in [0.25, 0.3) is 5.91 Å². The van der Waals surface area contributed by atoms with Gasteiger partial charge in [0.15, 0.2) is 0 Å². The Morgan fingerprint density at radius 3 is 2.22 bits per heavy atom. The number of amides is 2. The van der Waals surface area contributed by atoms with Gasteiger partial charge < -0.3 is 4.74 Å². The van der Waals surface area contributed by atoms with Crippen molar-refractivity contribution < 1.29 is 14.3 Å². The van der Waals surface area contributed by atoms with E-state index in [1.807, 2.05) is 48.5 Å². The Hall–Kier alpha value is -3.02. The number of rotatable bonds is 3. The molecule has 0 atom stereocenters. The molecule has 0 aliphatic carbocycles. The van der Waals surface area contributed by atoms with Gasteiger partial charge in [-0.25, -0.2) is 4.79 Å². The maximum Gasteiger partial charge on any atom is 0.410 e. The summed E-state index contributed by atoms with van der Waals surface area (Å²) in [5.41, 5.74) is 4.73. The number of nitrogens with one attached hydrogen (secondary N) is 1. The van der Waals surface area contributed by atoms with E-state index in [9.17, 15) is 9.59 Å². The largest absolute Gasteiger partial charge is 0.448 e. The summed E-state index contributed by atoms with van der Waals surface area (Å²) in [5, 5.41) is 2.15. The molecule has 6 nitrogen and oxygen atoms in total. The van der Waals surface area contributed by atoms with E-state index >= 15 is 0 Å². The first-order chi connectivity index (χ1) is 11.2. The van der Waals surface area contributed by atoms with Crippen molar-refractivity contribution in [2.75, 3.05) is 25.1 Å². The molecule has 3 aromatic rings. The molecular formula is C17H15N3O3. The monoisotopic (exact) mass is 309 g/mol. The Balaban J connectivity index is 1.70. The Kier molecular flexibility index (Phi) is 3.15. The zero-order valence-corrected chi connectivity index (χ0v) is 12.4. The van der Waals surface area contributed by atoms with Crippen molar-refractivity contribution in [1.29, 1.82) is 0 Å². The van der Waals surface area contributed by atoms with Gasteiger partial charge in [-0.05, 0) is 12.1 Å². The summed E-state index contributed by atoms with van der Waals surface area (Å²) in [6, 6.07) is 15.8. The van der Waals surface area contributed by atoms with Crippen LogP contribution in [0.5, 0.6) is 0 Å². The molecule has 1 fully saturated rings. The SMILES string of the molecule is O=C(CN1CCOC1=O)Nn1c2ccccc2c2ccccc21. The number of carbonyl (C=O) groups is 2. The van der Waals surface area contributed by atoms with Crippen LogP contribution in [-0.4, -0.2) is 41.3 Å². The highest BCUT2D eigenvalue weighted by Gasteiger charge is 2.24. The third-order valence-electron chi connectivity index (χ3n) is 4.00. The molecule has 0 bridgehead atoms. The first-order valence-electron chi connectivity index (χ1n) is 7.44. The second kappa shape index (κ2) is 5.31. The molecule has 1 aliphatic rings. The lowest BCUT2D eigenvalue weighted by molar-refractivity contribution is -0.117. The molecule has 1 saturated heterocycles. The second-order valence-corrected chi connectivity index (χ2v) is 5.44. The van der Waals surface area contributed by atoms with E-state index in [-0.39, 0.29) is 12.5 Å². The molecule has 0 spiro atoms. The van der Waals surface area contributed by atoms with E-state index in [4.69, 9.17) is 4.74 Å². The van der Waals surface area contributed by atoms with Crippen LogP contribution in [0.25, 0.3) is 21.8 Å². The van der Waals surface area contributed by atoms with Crippen LogP contribution in [0.15, 0.2) is 48.5 Å². The van der Waals surface area contributed by atoms with Crippen molar-refractivity contribution in [3.05, 3.63) is 48.5 Å². The number of hydrogen-bond acceptors (Lipinski definition) is 3. The smallest absolute Gasteiger partial charge is 0.410 e. The van der Waals surface area contributed by atoms with Crippen molar-refractivity contribution in [3.8, 4) is 0 Å². The molecule has 1 aliphatic heterocycles. The van der Waals surface area contributed by atoms with Crippen molar-refractivity contribution >= 4 is 33.8 Å². The number of fused-ring (bicyclic) bond motifs is 3. The van der Waals surface area contributed by atoms with Crippen LogP contribution in [-0.2, 0) is 9.53 Å². The van der Waals surface area contributed by atoms with E-state index in [0.717, 1.165) is 21.8 Å². The summed E-state index contributed by atoms with van der Waals surface area (Å²) in [5.74, 6) is -0.254. The van der Waals surface area contributed by atoms with Gasteiger partial charge in [-0.1, -0.05) is 36.4 Å². The van der Waals surface area contributed by atoms with Gasteiger partial charge in [-0.3, -0.25) is 19.8 Å². The number of aromatic nitrogens is 1. The molecule has 0 unspecified atom stereocenters. The van der Waals surface area contributed by atoms with E-state index < -0.39 is 6.09 Å². The predicted octanol–water partition coefficient (Wildman–Crippen LogP) is 2.32. The average Bonchev–Trinajstić information content (AvgIpc) is 3.11. The standard InChI is InChI=1S/C17H15N3O3/c21-16(11-19-9-10-23-17(19)22)18-20-14-7-3-1-5-12(14)13-6-2-4-8-15(13)20/h1-8H,9-11H2,(H,18,21). The summed E-state index contributed by atoms with van der Waals surface area (Å²) >= 11 is 0. The van der Waals surface area contributed by atoms with E-state index in [2.05, 4.69) is 5.43 Å². The molecule has 2 heterocycles. The Morgan fingerprint density at radius 1 is 1.04 bits per heavy atom. The molecule has 2 aromatic carbocycles. The molecule has 23 heavy (non-hydrogen) atoms. The minimum atomic E-state index is -0.442. The number of benzene rings is 2. The zero-order valence-electron chi connectivity index (χ0n) is 12.4. The summed E-state index contributed by atoms with van der Waals surface area (Å²) in [7, 11) is 0. The van der Waals surface area contributed by atoms with Crippen molar-refractivity contribution in [2.45, 2.75) is 0 Å². The highest BCUT2D eigenvalue weighted by atomic mass is 16.6. The lowest BCUT2D eigenvalue weighted by Crippen LogP contribution is -2.36. The first kappa shape index (κ1) is 13.6. The highest BCUT2D eigenvalue weighted by Crippen LogP contribution is 2.27. The van der Waals surface area contributed by atoms with Crippen LogP contribution in [0.2, 0.25) is 0 Å². The van der Waals surface area contributed by atoms with Crippen LogP contribution in [0.3, 0.4) is 0 Å². The molecule has 6 heteroatoms. The van der Waals surface area contributed by atoms with Crippen LogP contribution >= 0.6 is 0 Å². The molecular weight excluding hydrogens is 294 g/mol. The van der Waals surface area contributed by atoms with Crippen molar-refractivity contribution in [3.63, 3.8) is 0 Å². The number of carbonyl (C=O) groups excluding carboxylic acids is 2. The average molecular weight is 309 g/mol. The second-order valence-electron chi connectivity index (χ2n) is 5.44. The fourth-order valence-electron chi connectivity index (χ4n) is 2.95. The third kappa shape index (κ3) is 2.28. The van der Waals surface area contributed by atoms with Gasteiger partial charge in [0.2, 0.25) is 0 Å². The fraction of sp³-hybridized carbons (Fsp3) is 0.176. The summed E-state index contributed by atoms with van der Waals surface area (Å²) in [6.07, 6.45) is -0.442. The van der Waals surface area contributed by atoms with Gasteiger partial charge in [0.1, 0.15) is 13.2 Å². The van der Waals surface area contributed by atoms with Crippen molar-refractivity contribution in [2.24, 2.45) is 0 Å². The van der Waals surface area contributed by atoms with E-state index in [1.54, 1.807) is 4.68 Å². The van der Waals surface area contributed by atoms with Crippen LogP contribution in [0, 0.1) is 0 Å². The fourth-order valence-corrected chi connectivity index (χ4v) is 2.95. The van der Waals surface area contributed by atoms with Gasteiger partial charge >= 0.3 is 6.09 Å². The summed E-state index contributed by atoms with van der Waals surface area (Å²) in [6.45, 7) is 0.764. The molecule has 116 valence electrons. The topological polar surface area (TPSA) is 63.6 Å². The highest BCUT2D eigenvalue weighted by molar-refractivity contribution is 6.09. The van der Waals surface area contributed by atoms with Crippen molar-refractivity contribution in [1.82, 2.24) is 9.58 Å². The van der Waals surface area contributed by atoms with E-state index in [1.165, 1.54) is 4.90 Å². The molecule has 1 aromatic heterocycles. The van der Waals surface area contributed by atoms with Gasteiger partial charge in [-0.2, -0.15) is 0 Å². The maximum atomic E-state index is 12.3. The zero-order chi connectivity index (χ0) is 15.8. The Bertz CT molecular complexity index is 862. The number of ether oxygens (including phenoxy) is 1. The lowest BCUT2D eigenvalue weighted by Gasteiger charge is -2.14. The minimum absolute atomic E-state index is 0.0142. The predicted molar refractivity (Wildman–Crippen MR) is 86.7 cm³/mol. The number of cyclic esters (lactones) is 1. The summed E-state index contributed by atoms with van der Waals surface area (Å²) in [4.78, 5) is 25.2. The number of hydrogen-bond donors (Lipinski definition) is 1. The molecule has 1 N–H and O–H groups in total. The lowest BCUT2D eigenvalue weighted by atomic mass is 10.2. The third-order valence-corrected chi connectivity index (χ3v) is 4.00. The first-order valence-corrected chi connectivity index (χ1v) is 7.44. The Morgan fingerprint density at radius 2 is 1.65 bits per heavy atom. The minimum Gasteiger partial charge on any atom is -0.448 e. The normalized spacial score (nSPS) is 14.4. The molecule has 0 radical (unpaired) electrons. The van der Waals surface area contributed by atoms with E-state index in [0.29, 0.717) is 13.2 Å². The molecule has 2 amide bonds. The van der Waals surface area contributed by atoms with Crippen LogP contribution in [0.4, 0.5) is 4.79 Å². The summed E-state index contributed by atoms with van der Waals surface area (Å²) < 4.78 is 6.61. The maximum absolute atomic E-state index is 12.3.